The topological polar surface area (TPSA) is 32.3 Å². The summed E-state index contributed by atoms with van der Waals surface area (Å²) in [7, 11) is 5.74. The maximum absolute atomic E-state index is 9.06. The van der Waals surface area contributed by atoms with Crippen LogP contribution in [-0.4, -0.2) is 39.0 Å². The zero-order valence-electron chi connectivity index (χ0n) is 20.3. The molecule has 0 aliphatic heterocycles. The second-order valence-electron chi connectivity index (χ2n) is 9.71. The molecule has 1 amide bonds. The van der Waals surface area contributed by atoms with E-state index in [9.17, 15) is 0 Å². The van der Waals surface area contributed by atoms with Crippen LogP contribution in [0.1, 0.15) is 89.3 Å². The maximum Gasteiger partial charge on any atom is 0.206 e. The predicted molar refractivity (Wildman–Crippen MR) is 127 cm³/mol. The summed E-state index contributed by atoms with van der Waals surface area (Å²) in [5, 5.41) is 2.25. The Morgan fingerprint density at radius 1 is 1.28 bits per heavy atom. The van der Waals surface area contributed by atoms with Crippen molar-refractivity contribution in [1.29, 1.82) is 0 Å². The third kappa shape index (κ3) is 7.13. The number of hydrogen-bond acceptors (Lipinski definition) is 2. The molecule has 29 heavy (non-hydrogen) atoms. The smallest absolute Gasteiger partial charge is 0.206 e. The summed E-state index contributed by atoms with van der Waals surface area (Å²) in [4.78, 5) is 11.2. The Hall–Kier alpha value is -1.35. The van der Waals surface area contributed by atoms with E-state index in [-0.39, 0.29) is 0 Å². The van der Waals surface area contributed by atoms with Crippen LogP contribution < -0.4 is 5.32 Å². The van der Waals surface area contributed by atoms with Gasteiger partial charge in [0, 0.05) is 7.05 Å². The van der Waals surface area contributed by atoms with Crippen molar-refractivity contribution in [3.05, 3.63) is 34.9 Å². The Bertz CT molecular complexity index is 611. The van der Waals surface area contributed by atoms with Gasteiger partial charge in [-0.3, -0.25) is 4.79 Å². The van der Waals surface area contributed by atoms with E-state index in [1.807, 2.05) is 0 Å². The summed E-state index contributed by atoms with van der Waals surface area (Å²) in [6.07, 6.45) is 8.86. The first-order valence-corrected chi connectivity index (χ1v) is 11.6. The fourth-order valence-corrected chi connectivity index (χ4v) is 5.24. The van der Waals surface area contributed by atoms with Crippen LogP contribution in [0.2, 0.25) is 0 Å². The number of carbonyl (C=O) groups excluding carboxylic acids is 1. The van der Waals surface area contributed by atoms with Crippen molar-refractivity contribution in [2.75, 3.05) is 27.7 Å². The van der Waals surface area contributed by atoms with E-state index in [0.29, 0.717) is 17.7 Å². The summed E-state index contributed by atoms with van der Waals surface area (Å²) in [6, 6.07) is 7.35. The molecule has 166 valence electrons. The minimum Gasteiger partial charge on any atom is -0.362 e. The van der Waals surface area contributed by atoms with E-state index in [4.69, 9.17) is 4.79 Å². The molecule has 2 aliphatic rings. The van der Waals surface area contributed by atoms with Crippen LogP contribution >= 0.6 is 0 Å². The van der Waals surface area contributed by atoms with Gasteiger partial charge in [-0.2, -0.15) is 0 Å². The molecule has 3 atom stereocenters. The molecular formula is C26H46N2O. The molecule has 0 radical (unpaired) electrons. The molecule has 0 saturated heterocycles. The monoisotopic (exact) mass is 402 g/mol. The lowest BCUT2D eigenvalue weighted by atomic mass is 9.55. The van der Waals surface area contributed by atoms with Crippen molar-refractivity contribution < 1.29 is 4.79 Å². The first-order valence-electron chi connectivity index (χ1n) is 11.6. The van der Waals surface area contributed by atoms with E-state index in [0.717, 1.165) is 11.8 Å². The van der Waals surface area contributed by atoms with Gasteiger partial charge in [-0.05, 0) is 86.2 Å². The molecule has 0 heterocycles. The number of benzene rings is 1. The predicted octanol–water partition coefficient (Wildman–Crippen LogP) is 5.77. The minimum atomic E-state index is 0.459. The lowest BCUT2D eigenvalue weighted by molar-refractivity contribution is -0.109. The highest BCUT2D eigenvalue weighted by Crippen LogP contribution is 2.52. The van der Waals surface area contributed by atoms with Crippen LogP contribution in [0, 0.1) is 11.8 Å². The Kier molecular flexibility index (Phi) is 11.0. The standard InChI is InChI=1S/C19H28.C5H13N.C2H5NO/c1-13(2)15-7-10-18-16(12-15)8-9-17-14(3)6-5-11-19(17,18)4;1-4-5-6(2)3;1-3-2-4/h7,10,12-14,17H,5-6,8-9,11H2,1-4H3;4-5H2,1-3H3;2H,1H3,(H,3,4). The number of rotatable bonds is 4. The van der Waals surface area contributed by atoms with Gasteiger partial charge in [0.05, 0.1) is 0 Å². The molecule has 0 spiro atoms. The van der Waals surface area contributed by atoms with Gasteiger partial charge in [-0.1, -0.05) is 65.7 Å². The van der Waals surface area contributed by atoms with Gasteiger partial charge in [0.25, 0.3) is 0 Å². The van der Waals surface area contributed by atoms with E-state index in [1.54, 1.807) is 18.2 Å². The Morgan fingerprint density at radius 2 is 1.93 bits per heavy atom. The average molecular weight is 403 g/mol. The number of fused-ring (bicyclic) bond motifs is 3. The van der Waals surface area contributed by atoms with Crippen molar-refractivity contribution in [2.45, 2.75) is 84.5 Å². The minimum absolute atomic E-state index is 0.459. The number of amides is 1. The molecule has 2 aliphatic carbocycles. The molecular weight excluding hydrogens is 356 g/mol. The third-order valence-electron chi connectivity index (χ3n) is 6.79. The Balaban J connectivity index is 0.000000353. The lowest BCUT2D eigenvalue weighted by Gasteiger charge is -2.49. The van der Waals surface area contributed by atoms with Crippen molar-refractivity contribution >= 4 is 6.41 Å². The zero-order valence-corrected chi connectivity index (χ0v) is 20.3. The summed E-state index contributed by atoms with van der Waals surface area (Å²) in [6.45, 7) is 13.0. The van der Waals surface area contributed by atoms with Crippen LogP contribution in [0.25, 0.3) is 0 Å². The lowest BCUT2D eigenvalue weighted by Crippen LogP contribution is -2.43. The van der Waals surface area contributed by atoms with Gasteiger partial charge in [0.15, 0.2) is 0 Å². The van der Waals surface area contributed by atoms with Gasteiger partial charge in [-0.15, -0.1) is 0 Å². The summed E-state index contributed by atoms with van der Waals surface area (Å²) < 4.78 is 0. The van der Waals surface area contributed by atoms with Crippen LogP contribution in [-0.2, 0) is 16.6 Å². The summed E-state index contributed by atoms with van der Waals surface area (Å²) in [5.74, 6) is 2.48. The zero-order chi connectivity index (χ0) is 22.0. The fraction of sp³-hybridized carbons (Fsp3) is 0.731. The van der Waals surface area contributed by atoms with E-state index < -0.39 is 0 Å². The normalized spacial score (nSPS) is 25.0. The highest BCUT2D eigenvalue weighted by Gasteiger charge is 2.44. The molecule has 1 fully saturated rings. The van der Waals surface area contributed by atoms with Gasteiger partial charge in [0.1, 0.15) is 0 Å². The molecule has 3 unspecified atom stereocenters. The highest BCUT2D eigenvalue weighted by atomic mass is 16.1. The van der Waals surface area contributed by atoms with Crippen molar-refractivity contribution in [1.82, 2.24) is 10.2 Å². The maximum atomic E-state index is 9.06. The fourth-order valence-electron chi connectivity index (χ4n) is 5.24. The number of hydrogen-bond donors (Lipinski definition) is 1. The summed E-state index contributed by atoms with van der Waals surface area (Å²) >= 11 is 0. The largest absolute Gasteiger partial charge is 0.362 e. The molecule has 3 nitrogen and oxygen atoms in total. The average Bonchev–Trinajstić information content (AvgIpc) is 2.68. The molecule has 0 bridgehead atoms. The van der Waals surface area contributed by atoms with Gasteiger partial charge >= 0.3 is 0 Å². The summed E-state index contributed by atoms with van der Waals surface area (Å²) in [5.41, 5.74) is 5.31. The molecule has 3 heteroatoms. The van der Waals surface area contributed by atoms with Crippen molar-refractivity contribution in [3.63, 3.8) is 0 Å². The van der Waals surface area contributed by atoms with E-state index in [1.165, 1.54) is 50.6 Å². The van der Waals surface area contributed by atoms with E-state index >= 15 is 0 Å². The molecule has 0 aromatic heterocycles. The molecule has 1 aromatic rings. The van der Waals surface area contributed by atoms with Crippen molar-refractivity contribution in [3.8, 4) is 0 Å². The first-order chi connectivity index (χ1) is 13.7. The van der Waals surface area contributed by atoms with Crippen LogP contribution in [0.5, 0.6) is 0 Å². The second-order valence-corrected chi connectivity index (χ2v) is 9.71. The SMILES string of the molecule is CC(C)c1ccc2c(c1)CCC1C(C)CCCC21C.CCCN(C)C.CNC=O. The van der Waals surface area contributed by atoms with Gasteiger partial charge in [0.2, 0.25) is 6.41 Å². The molecule has 1 aromatic carbocycles. The van der Waals surface area contributed by atoms with Crippen LogP contribution in [0.15, 0.2) is 18.2 Å². The number of nitrogens with one attached hydrogen (secondary N) is 1. The van der Waals surface area contributed by atoms with Crippen LogP contribution in [0.3, 0.4) is 0 Å². The molecule has 1 saturated carbocycles. The quantitative estimate of drug-likeness (QED) is 0.648. The van der Waals surface area contributed by atoms with Crippen molar-refractivity contribution in [2.24, 2.45) is 11.8 Å². The van der Waals surface area contributed by atoms with E-state index in [2.05, 4.69) is 77.1 Å². The van der Waals surface area contributed by atoms with Gasteiger partial charge in [-0.25, -0.2) is 0 Å². The number of nitrogens with zero attached hydrogens (tertiary/aromatic N) is 1. The van der Waals surface area contributed by atoms with Crippen LogP contribution in [0.4, 0.5) is 0 Å². The Labute approximate surface area is 180 Å². The van der Waals surface area contributed by atoms with Gasteiger partial charge < -0.3 is 10.2 Å². The molecule has 3 rings (SSSR count). The second kappa shape index (κ2) is 12.4. The number of aryl methyl sites for hydroxylation is 1. The Morgan fingerprint density at radius 3 is 2.41 bits per heavy atom. The first kappa shape index (κ1) is 25.7. The number of carbonyl (C=O) groups is 1. The highest BCUT2D eigenvalue weighted by molar-refractivity contribution is 5.44. The molecule has 1 N–H and O–H groups in total. The third-order valence-corrected chi connectivity index (χ3v) is 6.79.